The highest BCUT2D eigenvalue weighted by Gasteiger charge is 2.38. The number of nitriles is 2. The van der Waals surface area contributed by atoms with Gasteiger partial charge in [0.25, 0.3) is 0 Å². The summed E-state index contributed by atoms with van der Waals surface area (Å²) in [5.74, 6) is -0.638. The number of ether oxygens (including phenoxy) is 3. The van der Waals surface area contributed by atoms with Crippen LogP contribution in [0.25, 0.3) is 0 Å². The maximum atomic E-state index is 13.2. The van der Waals surface area contributed by atoms with E-state index in [9.17, 15) is 15.3 Å². The van der Waals surface area contributed by atoms with Crippen molar-refractivity contribution in [1.29, 1.82) is 10.5 Å². The minimum Gasteiger partial charge on any atom is -0.497 e. The number of hydrogen-bond acceptors (Lipinski definition) is 9. The second kappa shape index (κ2) is 11.3. The predicted molar refractivity (Wildman–Crippen MR) is 135 cm³/mol. The van der Waals surface area contributed by atoms with Crippen LogP contribution in [0, 0.1) is 36.5 Å². The molecule has 0 spiro atoms. The van der Waals surface area contributed by atoms with Crippen LogP contribution in [-0.4, -0.2) is 24.7 Å². The van der Waals surface area contributed by atoms with E-state index in [1.54, 1.807) is 32.2 Å². The van der Waals surface area contributed by atoms with Crippen LogP contribution in [0.5, 0.6) is 5.75 Å². The highest BCUT2D eigenvalue weighted by Crippen LogP contribution is 2.45. The van der Waals surface area contributed by atoms with E-state index >= 15 is 0 Å². The molecule has 2 N–H and O–H groups in total. The summed E-state index contributed by atoms with van der Waals surface area (Å²) in [6, 6.07) is 11.4. The summed E-state index contributed by atoms with van der Waals surface area (Å²) in [5, 5.41) is 19.7. The summed E-state index contributed by atoms with van der Waals surface area (Å²) in [6.07, 6.45) is 0. The topological polar surface area (TPSA) is 131 Å². The van der Waals surface area contributed by atoms with Crippen LogP contribution in [-0.2, 0) is 20.0 Å². The van der Waals surface area contributed by atoms with E-state index in [-0.39, 0.29) is 34.5 Å². The Kier molecular flexibility index (Phi) is 8.44. The lowest BCUT2D eigenvalue weighted by molar-refractivity contribution is -0.139. The minimum absolute atomic E-state index is 0.0952. The lowest BCUT2D eigenvalue weighted by Gasteiger charge is -2.28. The van der Waals surface area contributed by atoms with Gasteiger partial charge in [0.15, 0.2) is 5.09 Å². The Morgan fingerprint density at radius 2 is 2.03 bits per heavy atom. The van der Waals surface area contributed by atoms with E-state index in [4.69, 9.17) is 19.9 Å². The molecule has 2 aromatic rings. The van der Waals surface area contributed by atoms with Gasteiger partial charge in [0.1, 0.15) is 23.5 Å². The molecule has 0 saturated carbocycles. The Labute approximate surface area is 216 Å². The van der Waals surface area contributed by atoms with Crippen LogP contribution >= 0.6 is 27.7 Å². The van der Waals surface area contributed by atoms with Gasteiger partial charge < -0.3 is 19.9 Å². The summed E-state index contributed by atoms with van der Waals surface area (Å²) in [7, 11) is 1.56. The van der Waals surface area contributed by atoms with Crippen LogP contribution < -0.4 is 10.5 Å². The van der Waals surface area contributed by atoms with Crippen molar-refractivity contribution in [2.75, 3.05) is 13.7 Å². The molecule has 1 unspecified atom stereocenters. The number of rotatable bonds is 7. The van der Waals surface area contributed by atoms with E-state index in [0.29, 0.717) is 27.0 Å². The molecule has 1 aliphatic heterocycles. The Balaban J connectivity index is 2.15. The van der Waals surface area contributed by atoms with Crippen molar-refractivity contribution >= 4 is 33.7 Å². The third-order valence-corrected chi connectivity index (χ3v) is 6.90. The number of halogens is 1. The smallest absolute Gasteiger partial charge is 0.339 e. The monoisotopic (exact) mass is 554 g/mol. The van der Waals surface area contributed by atoms with Gasteiger partial charge >= 0.3 is 5.97 Å². The van der Waals surface area contributed by atoms with Crippen LogP contribution in [0.4, 0.5) is 0 Å². The summed E-state index contributed by atoms with van der Waals surface area (Å²) < 4.78 is 17.1. The first-order valence-electron chi connectivity index (χ1n) is 10.6. The molecule has 0 radical (unpaired) electrons. The number of benzene rings is 1. The van der Waals surface area contributed by atoms with Crippen LogP contribution in [0.3, 0.4) is 0 Å². The van der Waals surface area contributed by atoms with Gasteiger partial charge in [-0.15, -0.1) is 0 Å². The fourth-order valence-electron chi connectivity index (χ4n) is 3.71. The average molecular weight is 555 g/mol. The fraction of sp³-hybridized carbons (Fsp3) is 0.280. The first-order chi connectivity index (χ1) is 16.7. The number of nitrogens with zero attached hydrogens (tertiary/aromatic N) is 3. The van der Waals surface area contributed by atoms with Crippen molar-refractivity contribution in [2.45, 2.75) is 32.4 Å². The standard InChI is InChI=1S/C25H23BrN4O4S/c1-5-33-24(31)22-21(16-7-6-15(32-4)8-13(16)2)18(11-28)23(29)34-25(22)35-12-20-17(10-27)19(26)9-14(3)30-20/h6-9,21H,5,12,29H2,1-4H3. The van der Waals surface area contributed by atoms with Crippen molar-refractivity contribution < 1.29 is 19.0 Å². The maximum Gasteiger partial charge on any atom is 0.339 e. The molecule has 0 amide bonds. The molecule has 0 saturated heterocycles. The van der Waals surface area contributed by atoms with Crippen LogP contribution in [0.15, 0.2) is 50.9 Å². The molecular weight excluding hydrogens is 532 g/mol. The predicted octanol–water partition coefficient (Wildman–Crippen LogP) is 4.86. The van der Waals surface area contributed by atoms with Gasteiger partial charge in [-0.25, -0.2) is 4.79 Å². The number of carbonyl (C=O) groups is 1. The Hall–Kier alpha value is -3.47. The summed E-state index contributed by atoms with van der Waals surface area (Å²) >= 11 is 4.57. The molecule has 8 nitrogen and oxygen atoms in total. The molecule has 1 atom stereocenters. The Morgan fingerprint density at radius 3 is 2.63 bits per heavy atom. The molecule has 0 bridgehead atoms. The van der Waals surface area contributed by atoms with Gasteiger partial charge in [0.2, 0.25) is 5.88 Å². The second-order valence-corrected chi connectivity index (χ2v) is 9.34. The van der Waals surface area contributed by atoms with E-state index in [0.717, 1.165) is 23.0 Å². The molecule has 0 aliphatic carbocycles. The molecule has 1 aromatic carbocycles. The van der Waals surface area contributed by atoms with Crippen molar-refractivity contribution in [3.05, 3.63) is 78.9 Å². The largest absolute Gasteiger partial charge is 0.497 e. The van der Waals surface area contributed by atoms with Gasteiger partial charge in [-0.1, -0.05) is 17.8 Å². The number of pyridine rings is 1. The second-order valence-electron chi connectivity index (χ2n) is 7.54. The van der Waals surface area contributed by atoms with Crippen molar-refractivity contribution in [3.8, 4) is 17.9 Å². The molecule has 2 heterocycles. The van der Waals surface area contributed by atoms with E-state index in [1.807, 2.05) is 19.9 Å². The van der Waals surface area contributed by atoms with Gasteiger partial charge in [-0.2, -0.15) is 10.5 Å². The number of methoxy groups -OCH3 is 1. The third-order valence-electron chi connectivity index (χ3n) is 5.30. The van der Waals surface area contributed by atoms with E-state index in [2.05, 4.69) is 33.1 Å². The molecule has 1 aromatic heterocycles. The average Bonchev–Trinajstić information content (AvgIpc) is 2.82. The summed E-state index contributed by atoms with van der Waals surface area (Å²) in [4.78, 5) is 17.7. The lowest BCUT2D eigenvalue weighted by atomic mass is 9.82. The third kappa shape index (κ3) is 5.45. The first kappa shape index (κ1) is 26.1. The normalized spacial score (nSPS) is 15.2. The number of allylic oxidation sites excluding steroid dienone is 1. The van der Waals surface area contributed by atoms with Crippen molar-refractivity contribution in [3.63, 3.8) is 0 Å². The molecule has 10 heteroatoms. The maximum absolute atomic E-state index is 13.2. The van der Waals surface area contributed by atoms with E-state index in [1.165, 1.54) is 0 Å². The minimum atomic E-state index is -0.797. The molecule has 35 heavy (non-hydrogen) atoms. The number of esters is 1. The summed E-state index contributed by atoms with van der Waals surface area (Å²) in [6.45, 7) is 5.52. The number of thioether (sulfide) groups is 1. The first-order valence-corrected chi connectivity index (χ1v) is 12.4. The molecule has 0 fully saturated rings. The number of nitrogens with two attached hydrogens (primary N) is 1. The fourth-order valence-corrected chi connectivity index (χ4v) is 5.34. The Bertz CT molecular complexity index is 1320. The zero-order chi connectivity index (χ0) is 25.7. The van der Waals surface area contributed by atoms with Crippen molar-refractivity contribution in [1.82, 2.24) is 4.98 Å². The zero-order valence-electron chi connectivity index (χ0n) is 19.6. The molecular formula is C25H23BrN4O4S. The number of aryl methyl sites for hydroxylation is 2. The van der Waals surface area contributed by atoms with E-state index < -0.39 is 11.9 Å². The number of carbonyl (C=O) groups excluding carboxylic acids is 1. The van der Waals surface area contributed by atoms with Gasteiger partial charge in [-0.05, 0) is 66.0 Å². The number of hydrogen-bond donors (Lipinski definition) is 1. The highest BCUT2D eigenvalue weighted by molar-refractivity contribution is 9.10. The van der Waals surface area contributed by atoms with Gasteiger partial charge in [-0.3, -0.25) is 4.98 Å². The van der Waals surface area contributed by atoms with Gasteiger partial charge in [0, 0.05) is 15.9 Å². The molecule has 3 rings (SSSR count). The highest BCUT2D eigenvalue weighted by atomic mass is 79.9. The lowest BCUT2D eigenvalue weighted by Crippen LogP contribution is -2.26. The van der Waals surface area contributed by atoms with Crippen molar-refractivity contribution in [2.24, 2.45) is 5.73 Å². The van der Waals surface area contributed by atoms with Gasteiger partial charge in [0.05, 0.1) is 36.5 Å². The zero-order valence-corrected chi connectivity index (χ0v) is 22.0. The SMILES string of the molecule is CCOC(=O)C1=C(SCc2nc(C)cc(Br)c2C#N)OC(N)=C(C#N)C1c1ccc(OC)cc1C. The Morgan fingerprint density at radius 1 is 1.29 bits per heavy atom. The quantitative estimate of drug-likeness (QED) is 0.476. The number of aromatic nitrogens is 1. The molecule has 180 valence electrons. The van der Waals surface area contributed by atoms with Crippen LogP contribution in [0.2, 0.25) is 0 Å². The van der Waals surface area contributed by atoms with Crippen LogP contribution in [0.1, 0.15) is 40.9 Å². The molecule has 1 aliphatic rings. The summed E-state index contributed by atoms with van der Waals surface area (Å²) in [5.41, 5.74) is 9.58.